The zero-order valence-corrected chi connectivity index (χ0v) is 12.4. The molecule has 1 amide bonds. The van der Waals surface area contributed by atoms with Gasteiger partial charge in [-0.25, -0.2) is 0 Å². The fourth-order valence-corrected chi connectivity index (χ4v) is 2.68. The zero-order valence-electron chi connectivity index (χ0n) is 12.4. The molecule has 8 heteroatoms. The largest absolute Gasteiger partial charge is 0.337 e. The van der Waals surface area contributed by atoms with Crippen LogP contribution in [0.25, 0.3) is 0 Å². The van der Waals surface area contributed by atoms with Gasteiger partial charge in [-0.3, -0.25) is 19.6 Å². The van der Waals surface area contributed by atoms with Gasteiger partial charge in [-0.15, -0.1) is 0 Å². The fraction of sp³-hybridized carbons (Fsp3) is 0.692. The minimum absolute atomic E-state index is 0.0323. The Morgan fingerprint density at radius 1 is 1.52 bits per heavy atom. The van der Waals surface area contributed by atoms with Crippen molar-refractivity contribution in [3.05, 3.63) is 22.5 Å². The van der Waals surface area contributed by atoms with Crippen LogP contribution in [-0.2, 0) is 11.3 Å². The van der Waals surface area contributed by atoms with Gasteiger partial charge in [0.05, 0.1) is 4.92 Å². The van der Waals surface area contributed by atoms with E-state index in [4.69, 9.17) is 0 Å². The van der Waals surface area contributed by atoms with E-state index in [1.165, 1.54) is 17.1 Å². The van der Waals surface area contributed by atoms with Crippen molar-refractivity contribution in [2.45, 2.75) is 32.4 Å². The normalized spacial score (nSPS) is 20.3. The van der Waals surface area contributed by atoms with Crippen LogP contribution in [0.4, 0.5) is 5.69 Å². The number of nitrogens with zero attached hydrogens (tertiary/aromatic N) is 5. The lowest BCUT2D eigenvalue weighted by Crippen LogP contribution is -2.44. The van der Waals surface area contributed by atoms with E-state index in [9.17, 15) is 14.9 Å². The van der Waals surface area contributed by atoms with Gasteiger partial charge in [-0.2, -0.15) is 5.10 Å². The maximum absolute atomic E-state index is 12.5. The second kappa shape index (κ2) is 6.66. The fourth-order valence-electron chi connectivity index (χ4n) is 2.68. The minimum atomic E-state index is -0.510. The number of hydrogen-bond donors (Lipinski definition) is 0. The Bertz CT molecular complexity index is 516. The molecule has 1 aliphatic heterocycles. The molecule has 2 rings (SSSR count). The van der Waals surface area contributed by atoms with Crippen LogP contribution in [0.15, 0.2) is 12.4 Å². The zero-order chi connectivity index (χ0) is 15.4. The van der Waals surface area contributed by atoms with Gasteiger partial charge in [0, 0.05) is 19.1 Å². The molecule has 116 valence electrons. The highest BCUT2D eigenvalue weighted by Crippen LogP contribution is 2.14. The van der Waals surface area contributed by atoms with Crippen LogP contribution in [0.1, 0.15) is 19.8 Å². The average Bonchev–Trinajstić information content (AvgIpc) is 2.81. The van der Waals surface area contributed by atoms with E-state index < -0.39 is 4.92 Å². The van der Waals surface area contributed by atoms with Gasteiger partial charge in [-0.05, 0) is 26.4 Å². The van der Waals surface area contributed by atoms with E-state index in [0.29, 0.717) is 0 Å². The van der Waals surface area contributed by atoms with Gasteiger partial charge >= 0.3 is 5.69 Å². The summed E-state index contributed by atoms with van der Waals surface area (Å²) >= 11 is 0. The van der Waals surface area contributed by atoms with Crippen LogP contribution in [-0.4, -0.2) is 63.1 Å². The molecular weight excluding hydrogens is 274 g/mol. The summed E-state index contributed by atoms with van der Waals surface area (Å²) < 4.78 is 1.34. The van der Waals surface area contributed by atoms with Gasteiger partial charge < -0.3 is 9.80 Å². The van der Waals surface area contributed by atoms with Gasteiger partial charge in [0.2, 0.25) is 5.91 Å². The van der Waals surface area contributed by atoms with Crippen molar-refractivity contribution in [1.29, 1.82) is 0 Å². The number of rotatable bonds is 4. The Kier molecular flexibility index (Phi) is 4.89. The summed E-state index contributed by atoms with van der Waals surface area (Å²) in [6.07, 6.45) is 4.30. The van der Waals surface area contributed by atoms with Crippen molar-refractivity contribution in [2.75, 3.05) is 26.7 Å². The predicted molar refractivity (Wildman–Crippen MR) is 76.8 cm³/mol. The standard InChI is InChI=1S/C13H21N5O3/c1-3-11-8-15(2)5-4-6-17(11)13(19)10-16-9-12(7-14-16)18(20)21/h7,9,11H,3-6,8,10H2,1-2H3. The highest BCUT2D eigenvalue weighted by atomic mass is 16.6. The van der Waals surface area contributed by atoms with Gasteiger partial charge in [0.25, 0.3) is 0 Å². The van der Waals surface area contributed by atoms with Crippen molar-refractivity contribution in [3.63, 3.8) is 0 Å². The summed E-state index contributed by atoms with van der Waals surface area (Å²) in [7, 11) is 2.06. The number of aromatic nitrogens is 2. The monoisotopic (exact) mass is 295 g/mol. The Balaban J connectivity index is 2.04. The van der Waals surface area contributed by atoms with Crippen LogP contribution in [0.5, 0.6) is 0 Å². The first-order chi connectivity index (χ1) is 10.0. The summed E-state index contributed by atoms with van der Waals surface area (Å²) in [5.41, 5.74) is -0.0922. The molecular formula is C13H21N5O3. The van der Waals surface area contributed by atoms with Crippen molar-refractivity contribution in [1.82, 2.24) is 19.6 Å². The van der Waals surface area contributed by atoms with Crippen LogP contribution in [0.3, 0.4) is 0 Å². The van der Waals surface area contributed by atoms with E-state index >= 15 is 0 Å². The molecule has 8 nitrogen and oxygen atoms in total. The number of carbonyl (C=O) groups excluding carboxylic acids is 1. The Morgan fingerprint density at radius 3 is 2.90 bits per heavy atom. The molecule has 0 N–H and O–H groups in total. The third kappa shape index (κ3) is 3.78. The van der Waals surface area contributed by atoms with Crippen molar-refractivity contribution in [2.24, 2.45) is 0 Å². The molecule has 0 bridgehead atoms. The lowest BCUT2D eigenvalue weighted by atomic mass is 10.2. The second-order valence-electron chi connectivity index (χ2n) is 5.42. The van der Waals surface area contributed by atoms with Crippen molar-refractivity contribution in [3.8, 4) is 0 Å². The van der Waals surface area contributed by atoms with Crippen LogP contribution >= 0.6 is 0 Å². The van der Waals surface area contributed by atoms with Gasteiger partial charge in [0.15, 0.2) is 0 Å². The van der Waals surface area contributed by atoms with E-state index in [0.717, 1.165) is 32.5 Å². The first-order valence-corrected chi connectivity index (χ1v) is 7.16. The van der Waals surface area contributed by atoms with Crippen molar-refractivity contribution >= 4 is 11.6 Å². The van der Waals surface area contributed by atoms with E-state index in [-0.39, 0.29) is 24.2 Å². The molecule has 1 aliphatic rings. The van der Waals surface area contributed by atoms with E-state index in [1.807, 2.05) is 4.90 Å². The molecule has 0 radical (unpaired) electrons. The molecule has 0 saturated carbocycles. The summed E-state index contributed by atoms with van der Waals surface area (Å²) in [6.45, 7) is 4.69. The molecule has 1 saturated heterocycles. The molecule has 0 aliphatic carbocycles. The summed E-state index contributed by atoms with van der Waals surface area (Å²) in [5, 5.41) is 14.5. The quantitative estimate of drug-likeness (QED) is 0.604. The molecule has 1 aromatic heterocycles. The third-order valence-electron chi connectivity index (χ3n) is 3.82. The second-order valence-corrected chi connectivity index (χ2v) is 5.42. The molecule has 2 heterocycles. The Labute approximate surface area is 123 Å². The summed E-state index contributed by atoms with van der Waals surface area (Å²) in [4.78, 5) is 26.7. The van der Waals surface area contributed by atoms with Gasteiger partial charge in [0.1, 0.15) is 18.9 Å². The molecule has 1 unspecified atom stereocenters. The summed E-state index contributed by atoms with van der Waals surface area (Å²) in [5.74, 6) is -0.0323. The molecule has 0 spiro atoms. The lowest BCUT2D eigenvalue weighted by Gasteiger charge is -2.30. The Morgan fingerprint density at radius 2 is 2.29 bits per heavy atom. The van der Waals surface area contributed by atoms with Crippen LogP contribution in [0, 0.1) is 10.1 Å². The summed E-state index contributed by atoms with van der Waals surface area (Å²) in [6, 6.07) is 0.190. The number of likely N-dealkylation sites (N-methyl/N-ethyl adjacent to an activating group) is 1. The molecule has 1 aromatic rings. The third-order valence-corrected chi connectivity index (χ3v) is 3.82. The smallest absolute Gasteiger partial charge is 0.307 e. The van der Waals surface area contributed by atoms with Crippen molar-refractivity contribution < 1.29 is 9.72 Å². The highest BCUT2D eigenvalue weighted by Gasteiger charge is 2.26. The maximum atomic E-state index is 12.5. The number of carbonyl (C=O) groups is 1. The lowest BCUT2D eigenvalue weighted by molar-refractivity contribution is -0.385. The van der Waals surface area contributed by atoms with E-state index in [2.05, 4.69) is 24.0 Å². The molecule has 1 fully saturated rings. The van der Waals surface area contributed by atoms with E-state index in [1.54, 1.807) is 0 Å². The van der Waals surface area contributed by atoms with Crippen LogP contribution < -0.4 is 0 Å². The maximum Gasteiger partial charge on any atom is 0.307 e. The SMILES string of the molecule is CCC1CN(C)CCCN1C(=O)Cn1cc([N+](=O)[O-])cn1. The molecule has 0 aromatic carbocycles. The minimum Gasteiger partial charge on any atom is -0.337 e. The number of hydrogen-bond acceptors (Lipinski definition) is 5. The highest BCUT2D eigenvalue weighted by molar-refractivity contribution is 5.76. The van der Waals surface area contributed by atoms with Gasteiger partial charge in [-0.1, -0.05) is 6.92 Å². The van der Waals surface area contributed by atoms with Crippen LogP contribution in [0.2, 0.25) is 0 Å². The topological polar surface area (TPSA) is 84.5 Å². The first-order valence-electron chi connectivity index (χ1n) is 7.16. The molecule has 1 atom stereocenters. The predicted octanol–water partition coefficient (Wildman–Crippen LogP) is 0.734. The average molecular weight is 295 g/mol. The first kappa shape index (κ1) is 15.4. The molecule has 21 heavy (non-hydrogen) atoms. The number of nitro groups is 1. The Hall–Kier alpha value is -1.96. The number of amides is 1.